The van der Waals surface area contributed by atoms with Gasteiger partial charge in [0.15, 0.2) is 0 Å². The minimum absolute atomic E-state index is 0.0564. The molecule has 0 aliphatic carbocycles. The molecule has 1 aromatic carbocycles. The van der Waals surface area contributed by atoms with E-state index in [1.54, 1.807) is 29.2 Å². The first-order chi connectivity index (χ1) is 12.5. The average Bonchev–Trinajstić information content (AvgIpc) is 3.24. The summed E-state index contributed by atoms with van der Waals surface area (Å²) in [6, 6.07) is 8.78. The molecule has 0 unspecified atom stereocenters. The first-order valence-corrected chi connectivity index (χ1v) is 8.21. The zero-order valence-electron chi connectivity index (χ0n) is 13.7. The molecule has 2 aromatic heterocycles. The summed E-state index contributed by atoms with van der Waals surface area (Å²) in [6.45, 7) is 0.775. The lowest BCUT2D eigenvalue weighted by atomic mass is 10.2. The summed E-state index contributed by atoms with van der Waals surface area (Å²) < 4.78 is 3.01. The predicted molar refractivity (Wildman–Crippen MR) is 95.2 cm³/mol. The quantitative estimate of drug-likeness (QED) is 0.662. The maximum absolute atomic E-state index is 12.0. The molecular weight excluding hydrogens is 358 g/mol. The van der Waals surface area contributed by atoms with E-state index in [0.717, 1.165) is 5.56 Å². The molecule has 0 atom stereocenters. The summed E-state index contributed by atoms with van der Waals surface area (Å²) in [5.41, 5.74) is 1.74. The monoisotopic (exact) mass is 373 g/mol. The second-order valence-electron chi connectivity index (χ2n) is 5.60. The van der Waals surface area contributed by atoms with E-state index in [1.165, 1.54) is 16.9 Å². The van der Waals surface area contributed by atoms with Gasteiger partial charge in [-0.3, -0.25) is 14.2 Å². The van der Waals surface area contributed by atoms with Gasteiger partial charge in [-0.1, -0.05) is 23.7 Å². The number of nitrogens with one attached hydrogen (secondary N) is 1. The third kappa shape index (κ3) is 4.48. The highest BCUT2D eigenvalue weighted by atomic mass is 35.5. The van der Waals surface area contributed by atoms with Crippen LogP contribution in [0, 0.1) is 0 Å². The SMILES string of the molecule is O=C(CCn1nccc1C(=O)O)Nc1ccc(Cn2cc(Cl)cn2)cc1. The van der Waals surface area contributed by atoms with Crippen LogP contribution in [0.1, 0.15) is 22.5 Å². The van der Waals surface area contributed by atoms with Crippen molar-refractivity contribution >= 4 is 29.2 Å². The normalized spacial score (nSPS) is 10.7. The Morgan fingerprint density at radius 1 is 1.15 bits per heavy atom. The highest BCUT2D eigenvalue weighted by molar-refractivity contribution is 6.30. The van der Waals surface area contributed by atoms with Gasteiger partial charge >= 0.3 is 5.97 Å². The number of carbonyl (C=O) groups is 2. The number of anilines is 1. The molecule has 0 saturated carbocycles. The van der Waals surface area contributed by atoms with Gasteiger partial charge in [0.2, 0.25) is 5.91 Å². The summed E-state index contributed by atoms with van der Waals surface area (Å²) in [4.78, 5) is 23.0. The first-order valence-electron chi connectivity index (χ1n) is 7.83. The van der Waals surface area contributed by atoms with Crippen LogP contribution in [0.5, 0.6) is 0 Å². The van der Waals surface area contributed by atoms with Crippen molar-refractivity contribution in [1.29, 1.82) is 0 Å². The third-order valence-corrected chi connectivity index (χ3v) is 3.87. The van der Waals surface area contributed by atoms with Crippen molar-refractivity contribution in [3.63, 3.8) is 0 Å². The Morgan fingerprint density at radius 3 is 2.58 bits per heavy atom. The topological polar surface area (TPSA) is 102 Å². The van der Waals surface area contributed by atoms with Crippen LogP contribution in [-0.2, 0) is 17.9 Å². The molecule has 0 aliphatic heterocycles. The summed E-state index contributed by atoms with van der Waals surface area (Å²) in [7, 11) is 0. The molecule has 2 heterocycles. The molecule has 1 amide bonds. The van der Waals surface area contributed by atoms with Gasteiger partial charge in [-0.2, -0.15) is 10.2 Å². The van der Waals surface area contributed by atoms with Crippen LogP contribution < -0.4 is 5.32 Å². The van der Waals surface area contributed by atoms with E-state index in [1.807, 2.05) is 12.1 Å². The average molecular weight is 374 g/mol. The molecule has 0 spiro atoms. The molecular formula is C17H16ClN5O3. The maximum Gasteiger partial charge on any atom is 0.354 e. The summed E-state index contributed by atoms with van der Waals surface area (Å²) >= 11 is 5.83. The van der Waals surface area contributed by atoms with Crippen molar-refractivity contribution in [3.05, 3.63) is 65.2 Å². The van der Waals surface area contributed by atoms with E-state index < -0.39 is 5.97 Å². The molecule has 8 nitrogen and oxygen atoms in total. The number of halogens is 1. The molecule has 3 aromatic rings. The van der Waals surface area contributed by atoms with E-state index in [-0.39, 0.29) is 24.6 Å². The number of aryl methyl sites for hydroxylation is 1. The largest absolute Gasteiger partial charge is 0.477 e. The van der Waals surface area contributed by atoms with Crippen LogP contribution in [-0.4, -0.2) is 36.5 Å². The lowest BCUT2D eigenvalue weighted by molar-refractivity contribution is -0.116. The number of hydrogen-bond acceptors (Lipinski definition) is 4. The Kier molecular flexibility index (Phi) is 5.33. The van der Waals surface area contributed by atoms with Crippen molar-refractivity contribution in [1.82, 2.24) is 19.6 Å². The first kappa shape index (κ1) is 17.7. The number of aromatic carboxylic acids is 1. The molecule has 2 N–H and O–H groups in total. The van der Waals surface area contributed by atoms with Crippen LogP contribution in [0.3, 0.4) is 0 Å². The van der Waals surface area contributed by atoms with Gasteiger partial charge < -0.3 is 10.4 Å². The molecule has 0 fully saturated rings. The fourth-order valence-electron chi connectivity index (χ4n) is 2.43. The Labute approximate surface area is 154 Å². The van der Waals surface area contributed by atoms with Crippen molar-refractivity contribution in [3.8, 4) is 0 Å². The zero-order valence-corrected chi connectivity index (χ0v) is 14.4. The third-order valence-electron chi connectivity index (χ3n) is 3.67. The number of aromatic nitrogens is 4. The van der Waals surface area contributed by atoms with Crippen LogP contribution in [0.4, 0.5) is 5.69 Å². The van der Waals surface area contributed by atoms with Gasteiger partial charge in [0.1, 0.15) is 5.69 Å². The summed E-state index contributed by atoms with van der Waals surface area (Å²) in [5.74, 6) is -1.29. The van der Waals surface area contributed by atoms with Crippen LogP contribution in [0.15, 0.2) is 48.9 Å². The van der Waals surface area contributed by atoms with Gasteiger partial charge in [0, 0.05) is 24.5 Å². The number of benzene rings is 1. The number of rotatable bonds is 7. The van der Waals surface area contributed by atoms with E-state index in [0.29, 0.717) is 17.3 Å². The van der Waals surface area contributed by atoms with Crippen LogP contribution in [0.2, 0.25) is 5.02 Å². The molecule has 134 valence electrons. The maximum atomic E-state index is 12.0. The van der Waals surface area contributed by atoms with Crippen LogP contribution in [0.25, 0.3) is 0 Å². The van der Waals surface area contributed by atoms with Crippen LogP contribution >= 0.6 is 11.6 Å². The predicted octanol–water partition coefficient (Wildman–Crippen LogP) is 2.51. The standard InChI is InChI=1S/C17H16ClN5O3/c18-13-9-20-22(11-13)10-12-1-3-14(4-2-12)21-16(24)6-8-23-15(17(25)26)5-7-19-23/h1-5,7,9,11H,6,8,10H2,(H,21,24)(H,25,26). The molecule has 3 rings (SSSR count). The molecule has 0 bridgehead atoms. The van der Waals surface area contributed by atoms with Crippen molar-refractivity contribution in [2.24, 2.45) is 0 Å². The molecule has 0 radical (unpaired) electrons. The summed E-state index contributed by atoms with van der Waals surface area (Å²) in [6.07, 6.45) is 4.83. The number of carbonyl (C=O) groups excluding carboxylic acids is 1. The Morgan fingerprint density at radius 2 is 1.92 bits per heavy atom. The van der Waals surface area contributed by atoms with Crippen molar-refractivity contribution in [2.75, 3.05) is 5.32 Å². The molecule has 9 heteroatoms. The Balaban J connectivity index is 1.52. The molecule has 0 aliphatic rings. The Hall–Kier alpha value is -3.13. The van der Waals surface area contributed by atoms with Gasteiger partial charge in [-0.15, -0.1) is 0 Å². The lowest BCUT2D eigenvalue weighted by Crippen LogP contribution is -2.17. The highest BCUT2D eigenvalue weighted by Gasteiger charge is 2.11. The fraction of sp³-hybridized carbons (Fsp3) is 0.176. The van der Waals surface area contributed by atoms with E-state index in [4.69, 9.17) is 16.7 Å². The minimum Gasteiger partial charge on any atom is -0.477 e. The van der Waals surface area contributed by atoms with Gasteiger partial charge in [-0.05, 0) is 23.8 Å². The van der Waals surface area contributed by atoms with E-state index in [2.05, 4.69) is 15.5 Å². The zero-order chi connectivity index (χ0) is 18.5. The number of nitrogens with zero attached hydrogens (tertiary/aromatic N) is 4. The fourth-order valence-corrected chi connectivity index (χ4v) is 2.59. The molecule has 0 saturated heterocycles. The number of amides is 1. The smallest absolute Gasteiger partial charge is 0.354 e. The van der Waals surface area contributed by atoms with Gasteiger partial charge in [-0.25, -0.2) is 4.79 Å². The van der Waals surface area contributed by atoms with Crippen molar-refractivity contribution < 1.29 is 14.7 Å². The van der Waals surface area contributed by atoms with E-state index >= 15 is 0 Å². The lowest BCUT2D eigenvalue weighted by Gasteiger charge is -2.08. The van der Waals surface area contributed by atoms with Gasteiger partial charge in [0.05, 0.1) is 24.3 Å². The minimum atomic E-state index is -1.07. The number of hydrogen-bond donors (Lipinski definition) is 2. The summed E-state index contributed by atoms with van der Waals surface area (Å²) in [5, 5.41) is 20.4. The second kappa shape index (κ2) is 7.83. The number of carboxylic acid groups (broad SMARTS) is 1. The molecule has 26 heavy (non-hydrogen) atoms. The van der Waals surface area contributed by atoms with Gasteiger partial charge in [0.25, 0.3) is 0 Å². The Bertz CT molecular complexity index is 917. The number of carboxylic acids is 1. The van der Waals surface area contributed by atoms with Crippen molar-refractivity contribution in [2.45, 2.75) is 19.5 Å². The van der Waals surface area contributed by atoms with E-state index in [9.17, 15) is 9.59 Å². The highest BCUT2D eigenvalue weighted by Crippen LogP contribution is 2.13. The second-order valence-corrected chi connectivity index (χ2v) is 6.03.